The van der Waals surface area contributed by atoms with Crippen molar-refractivity contribution >= 4 is 56.6 Å². The van der Waals surface area contributed by atoms with Crippen molar-refractivity contribution in [3.8, 4) is 0 Å². The number of hydrogen-bond donors (Lipinski definition) is 1. The maximum absolute atomic E-state index is 13.4. The van der Waals surface area contributed by atoms with Gasteiger partial charge in [0.2, 0.25) is 15.9 Å². The van der Waals surface area contributed by atoms with Crippen molar-refractivity contribution in [2.24, 2.45) is 0 Å². The summed E-state index contributed by atoms with van der Waals surface area (Å²) in [4.78, 5) is 12.1. The number of carbonyl (C=O) groups is 1. The van der Waals surface area contributed by atoms with Gasteiger partial charge in [0.05, 0.1) is 22.0 Å². The van der Waals surface area contributed by atoms with Crippen LogP contribution in [0.15, 0.2) is 36.4 Å². The Morgan fingerprint density at radius 1 is 1.10 bits per heavy atom. The van der Waals surface area contributed by atoms with Gasteiger partial charge in [-0.3, -0.25) is 9.10 Å². The molecule has 2 aromatic rings. The van der Waals surface area contributed by atoms with E-state index < -0.39 is 34.1 Å². The summed E-state index contributed by atoms with van der Waals surface area (Å²) in [6.45, 7) is -0.235. The van der Waals surface area contributed by atoms with Crippen molar-refractivity contribution in [1.82, 2.24) is 5.32 Å². The number of nitrogens with one attached hydrogen (secondary N) is 1. The fraction of sp³-hybridized carbons (Fsp3) is 0.278. The minimum Gasteiger partial charge on any atom is -0.354 e. The second kappa shape index (κ2) is 10.5. The highest BCUT2D eigenvalue weighted by atomic mass is 35.5. The Labute approximate surface area is 182 Å². The molecule has 1 amide bonds. The number of anilines is 1. The highest BCUT2D eigenvalue weighted by Crippen LogP contribution is 2.24. The van der Waals surface area contributed by atoms with Crippen LogP contribution in [-0.4, -0.2) is 39.4 Å². The lowest BCUT2D eigenvalue weighted by molar-refractivity contribution is -0.119. The minimum absolute atomic E-state index is 0.129. The molecule has 1 N–H and O–H groups in total. The van der Waals surface area contributed by atoms with Crippen molar-refractivity contribution in [2.45, 2.75) is 5.75 Å². The maximum atomic E-state index is 13.4. The molecule has 0 fully saturated rings. The van der Waals surface area contributed by atoms with Gasteiger partial charge in [0.15, 0.2) is 11.6 Å². The Balaban J connectivity index is 1.85. The third-order valence-electron chi connectivity index (χ3n) is 3.70. The Kier molecular flexibility index (Phi) is 8.57. The van der Waals surface area contributed by atoms with Crippen LogP contribution >= 0.6 is 35.0 Å². The van der Waals surface area contributed by atoms with Gasteiger partial charge < -0.3 is 5.32 Å². The second-order valence-electron chi connectivity index (χ2n) is 6.02. The topological polar surface area (TPSA) is 66.5 Å². The molecule has 29 heavy (non-hydrogen) atoms. The number of sulfonamides is 1. The molecule has 5 nitrogen and oxygen atoms in total. The van der Waals surface area contributed by atoms with Crippen LogP contribution in [0, 0.1) is 11.6 Å². The van der Waals surface area contributed by atoms with Crippen molar-refractivity contribution in [3.63, 3.8) is 0 Å². The van der Waals surface area contributed by atoms with Crippen LogP contribution in [0.3, 0.4) is 0 Å². The van der Waals surface area contributed by atoms with Gasteiger partial charge in [-0.25, -0.2) is 17.2 Å². The molecule has 0 bridgehead atoms. The van der Waals surface area contributed by atoms with E-state index in [0.29, 0.717) is 32.4 Å². The maximum Gasteiger partial charge on any atom is 0.240 e. The van der Waals surface area contributed by atoms with Gasteiger partial charge in [-0.15, -0.1) is 0 Å². The molecule has 2 aromatic carbocycles. The van der Waals surface area contributed by atoms with E-state index >= 15 is 0 Å². The predicted molar refractivity (Wildman–Crippen MR) is 114 cm³/mol. The molecule has 0 heterocycles. The highest BCUT2D eigenvalue weighted by molar-refractivity contribution is 7.98. The highest BCUT2D eigenvalue weighted by Gasteiger charge is 2.21. The smallest absolute Gasteiger partial charge is 0.240 e. The molecule has 0 aliphatic carbocycles. The Bertz CT molecular complexity index is 991. The standard InChI is InChI=1S/C18H18Cl2F2N2O3S2/c1-29(26,27)24(13-3-5-16(21)17(22)9-13)10-18(25)23-6-7-28-11-12-2-4-14(19)15(20)8-12/h2-5,8-9H,6-7,10-11H2,1H3,(H,23,25). The first-order valence-corrected chi connectivity index (χ1v) is 12.0. The minimum atomic E-state index is -3.87. The molecule has 0 aliphatic heterocycles. The summed E-state index contributed by atoms with van der Waals surface area (Å²) in [6, 6.07) is 7.96. The summed E-state index contributed by atoms with van der Waals surface area (Å²) < 4.78 is 51.1. The number of nitrogens with zero attached hydrogens (tertiary/aromatic N) is 1. The average Bonchev–Trinajstić information content (AvgIpc) is 2.64. The molecule has 2 rings (SSSR count). The fourth-order valence-electron chi connectivity index (χ4n) is 2.31. The number of halogens is 4. The SMILES string of the molecule is CS(=O)(=O)N(CC(=O)NCCSCc1ccc(Cl)c(Cl)c1)c1ccc(F)c(F)c1. The summed E-state index contributed by atoms with van der Waals surface area (Å²) in [6.07, 6.45) is 0.884. The summed E-state index contributed by atoms with van der Waals surface area (Å²) in [5.41, 5.74) is 0.854. The van der Waals surface area contributed by atoms with Crippen LogP contribution in [0.1, 0.15) is 5.56 Å². The monoisotopic (exact) mass is 482 g/mol. The first-order valence-electron chi connectivity index (χ1n) is 8.29. The van der Waals surface area contributed by atoms with E-state index in [0.717, 1.165) is 30.0 Å². The van der Waals surface area contributed by atoms with Gasteiger partial charge in [0.25, 0.3) is 0 Å². The average molecular weight is 483 g/mol. The van der Waals surface area contributed by atoms with Gasteiger partial charge in [0, 0.05) is 24.1 Å². The number of thioether (sulfide) groups is 1. The van der Waals surface area contributed by atoms with Crippen molar-refractivity contribution in [3.05, 3.63) is 63.6 Å². The van der Waals surface area contributed by atoms with E-state index in [1.165, 1.54) is 0 Å². The lowest BCUT2D eigenvalue weighted by Gasteiger charge is -2.22. The summed E-state index contributed by atoms with van der Waals surface area (Å²) in [5.74, 6) is -1.62. The molecule has 0 saturated carbocycles. The first kappa shape index (κ1) is 23.7. The van der Waals surface area contributed by atoms with Gasteiger partial charge in [-0.2, -0.15) is 11.8 Å². The first-order chi connectivity index (χ1) is 13.6. The van der Waals surface area contributed by atoms with Crippen LogP contribution in [0.5, 0.6) is 0 Å². The Morgan fingerprint density at radius 2 is 1.83 bits per heavy atom. The quantitative estimate of drug-likeness (QED) is 0.546. The third-order valence-corrected chi connectivity index (χ3v) is 6.61. The van der Waals surface area contributed by atoms with E-state index in [-0.39, 0.29) is 5.69 Å². The number of rotatable bonds is 9. The van der Waals surface area contributed by atoms with E-state index in [4.69, 9.17) is 23.2 Å². The zero-order valence-electron chi connectivity index (χ0n) is 15.3. The molecular formula is C18H18Cl2F2N2O3S2. The molecule has 0 aliphatic rings. The number of benzene rings is 2. The molecule has 0 saturated heterocycles. The number of hydrogen-bond acceptors (Lipinski definition) is 4. The predicted octanol–water partition coefficient (Wildman–Crippen LogP) is 4.09. The van der Waals surface area contributed by atoms with Crippen molar-refractivity contribution in [2.75, 3.05) is 29.4 Å². The van der Waals surface area contributed by atoms with Crippen LogP contribution in [0.2, 0.25) is 10.0 Å². The molecule has 11 heteroatoms. The summed E-state index contributed by atoms with van der Waals surface area (Å²) in [5, 5.41) is 3.55. The Hall–Kier alpha value is -1.55. The van der Waals surface area contributed by atoms with Crippen LogP contribution in [-0.2, 0) is 20.6 Å². The molecule has 0 aromatic heterocycles. The zero-order chi connectivity index (χ0) is 21.6. The van der Waals surface area contributed by atoms with E-state index in [1.54, 1.807) is 23.9 Å². The van der Waals surface area contributed by atoms with Gasteiger partial charge in [0.1, 0.15) is 6.54 Å². The van der Waals surface area contributed by atoms with Gasteiger partial charge in [-0.05, 0) is 29.8 Å². The lowest BCUT2D eigenvalue weighted by Crippen LogP contribution is -2.41. The molecule has 158 valence electrons. The molecule has 0 radical (unpaired) electrons. The third kappa shape index (κ3) is 7.33. The Morgan fingerprint density at radius 3 is 2.45 bits per heavy atom. The van der Waals surface area contributed by atoms with Gasteiger partial charge >= 0.3 is 0 Å². The molecular weight excluding hydrogens is 465 g/mol. The fourth-order valence-corrected chi connectivity index (χ4v) is 4.28. The normalized spacial score (nSPS) is 11.3. The molecule has 0 spiro atoms. The number of carbonyl (C=O) groups excluding carboxylic acids is 1. The van der Waals surface area contributed by atoms with E-state index in [1.807, 2.05) is 6.07 Å². The summed E-state index contributed by atoms with van der Waals surface area (Å²) in [7, 11) is -3.87. The molecule has 0 atom stereocenters. The van der Waals surface area contributed by atoms with Crippen LogP contribution < -0.4 is 9.62 Å². The van der Waals surface area contributed by atoms with Crippen molar-refractivity contribution in [1.29, 1.82) is 0 Å². The number of amides is 1. The lowest BCUT2D eigenvalue weighted by atomic mass is 10.2. The van der Waals surface area contributed by atoms with E-state index in [9.17, 15) is 22.0 Å². The van der Waals surface area contributed by atoms with Crippen LogP contribution in [0.25, 0.3) is 0 Å². The zero-order valence-corrected chi connectivity index (χ0v) is 18.4. The van der Waals surface area contributed by atoms with Crippen molar-refractivity contribution < 1.29 is 22.0 Å². The molecule has 0 unspecified atom stereocenters. The second-order valence-corrected chi connectivity index (χ2v) is 9.85. The summed E-state index contributed by atoms with van der Waals surface area (Å²) >= 11 is 13.4. The van der Waals surface area contributed by atoms with Gasteiger partial charge in [-0.1, -0.05) is 29.3 Å². The van der Waals surface area contributed by atoms with E-state index in [2.05, 4.69) is 5.32 Å². The van der Waals surface area contributed by atoms with Crippen LogP contribution in [0.4, 0.5) is 14.5 Å². The largest absolute Gasteiger partial charge is 0.354 e.